The van der Waals surface area contributed by atoms with Crippen molar-refractivity contribution in [2.45, 2.75) is 12.8 Å². The zero-order chi connectivity index (χ0) is 12.3. The molecular weight excluding hydrogens is 349 g/mol. The van der Waals surface area contributed by atoms with Gasteiger partial charge in [0.15, 0.2) is 0 Å². The van der Waals surface area contributed by atoms with Gasteiger partial charge in [0.1, 0.15) is 0 Å². The third kappa shape index (κ3) is 3.13. The van der Waals surface area contributed by atoms with Crippen molar-refractivity contribution >= 4 is 40.1 Å². The first-order chi connectivity index (χ1) is 8.22. The van der Waals surface area contributed by atoms with Crippen LogP contribution in [0.25, 0.3) is 0 Å². The molecule has 0 bridgehead atoms. The van der Waals surface area contributed by atoms with Gasteiger partial charge in [-0.2, -0.15) is 0 Å². The molecule has 92 valence electrons. The Kier molecular flexibility index (Phi) is 4.68. The van der Waals surface area contributed by atoms with Crippen LogP contribution < -0.4 is 0 Å². The number of amides is 1. The molecule has 1 aliphatic rings. The summed E-state index contributed by atoms with van der Waals surface area (Å²) >= 11 is 8.10. The maximum absolute atomic E-state index is 12.4. The van der Waals surface area contributed by atoms with Gasteiger partial charge in [0.2, 0.25) is 0 Å². The lowest BCUT2D eigenvalue weighted by molar-refractivity contribution is 0.0684. The van der Waals surface area contributed by atoms with Crippen LogP contribution in [0.5, 0.6) is 0 Å². The van der Waals surface area contributed by atoms with Gasteiger partial charge in [-0.15, -0.1) is 11.6 Å². The van der Waals surface area contributed by atoms with Gasteiger partial charge in [-0.3, -0.25) is 4.79 Å². The number of alkyl halides is 1. The maximum atomic E-state index is 12.4. The molecule has 1 fully saturated rings. The SMILES string of the molecule is O=C(c1ccccc1I)N1CCCC(CCl)C1. The normalized spacial score (nSPS) is 20.4. The van der Waals surface area contributed by atoms with Crippen molar-refractivity contribution in [1.82, 2.24) is 4.90 Å². The Morgan fingerprint density at radius 2 is 2.24 bits per heavy atom. The smallest absolute Gasteiger partial charge is 0.254 e. The molecule has 4 heteroatoms. The number of nitrogens with zero attached hydrogens (tertiary/aromatic N) is 1. The fourth-order valence-electron chi connectivity index (χ4n) is 2.18. The van der Waals surface area contributed by atoms with Gasteiger partial charge in [0, 0.05) is 22.5 Å². The molecule has 0 N–H and O–H groups in total. The van der Waals surface area contributed by atoms with Crippen LogP contribution in [-0.4, -0.2) is 29.8 Å². The van der Waals surface area contributed by atoms with E-state index in [1.54, 1.807) is 0 Å². The molecule has 1 aliphatic heterocycles. The van der Waals surface area contributed by atoms with Crippen LogP contribution in [0.4, 0.5) is 0 Å². The first kappa shape index (κ1) is 13.1. The van der Waals surface area contributed by atoms with Crippen LogP contribution in [0.3, 0.4) is 0 Å². The molecular formula is C13H15ClINO. The average molecular weight is 364 g/mol. The lowest BCUT2D eigenvalue weighted by atomic mass is 9.99. The third-order valence-corrected chi connectivity index (χ3v) is 4.51. The number of rotatable bonds is 2. The molecule has 1 unspecified atom stereocenters. The number of piperidine rings is 1. The second kappa shape index (κ2) is 6.05. The lowest BCUT2D eigenvalue weighted by Gasteiger charge is -2.32. The van der Waals surface area contributed by atoms with Gasteiger partial charge in [-0.25, -0.2) is 0 Å². The van der Waals surface area contributed by atoms with E-state index >= 15 is 0 Å². The first-order valence-corrected chi connectivity index (χ1v) is 7.43. The molecule has 1 heterocycles. The van der Waals surface area contributed by atoms with E-state index in [-0.39, 0.29) is 5.91 Å². The van der Waals surface area contributed by atoms with Crippen LogP contribution in [0.2, 0.25) is 0 Å². The number of hydrogen-bond acceptors (Lipinski definition) is 1. The van der Waals surface area contributed by atoms with Crippen LogP contribution in [0.1, 0.15) is 23.2 Å². The molecule has 2 nitrogen and oxygen atoms in total. The largest absolute Gasteiger partial charge is 0.338 e. The van der Waals surface area contributed by atoms with Crippen LogP contribution in [0.15, 0.2) is 24.3 Å². The standard InChI is InChI=1S/C13H15ClINO/c14-8-10-4-3-7-16(9-10)13(17)11-5-1-2-6-12(11)15/h1-2,5-6,10H,3-4,7-9H2. The Labute approximate surface area is 120 Å². The van der Waals surface area contributed by atoms with Crippen LogP contribution in [-0.2, 0) is 0 Å². The molecule has 0 radical (unpaired) electrons. The average Bonchev–Trinajstić information content (AvgIpc) is 2.38. The number of carbonyl (C=O) groups excluding carboxylic acids is 1. The van der Waals surface area contributed by atoms with Crippen molar-refractivity contribution in [3.8, 4) is 0 Å². The zero-order valence-electron chi connectivity index (χ0n) is 9.53. The number of benzene rings is 1. The van der Waals surface area contributed by atoms with E-state index in [1.807, 2.05) is 29.2 Å². The van der Waals surface area contributed by atoms with E-state index < -0.39 is 0 Å². The summed E-state index contributed by atoms with van der Waals surface area (Å²) in [4.78, 5) is 14.3. The highest BCUT2D eigenvalue weighted by Crippen LogP contribution is 2.21. The Morgan fingerprint density at radius 3 is 2.94 bits per heavy atom. The highest BCUT2D eigenvalue weighted by Gasteiger charge is 2.24. The zero-order valence-corrected chi connectivity index (χ0v) is 12.4. The molecule has 0 spiro atoms. The second-order valence-electron chi connectivity index (χ2n) is 4.39. The Bertz CT molecular complexity index is 410. The number of carbonyl (C=O) groups is 1. The van der Waals surface area contributed by atoms with Gasteiger partial charge >= 0.3 is 0 Å². The van der Waals surface area contributed by atoms with Crippen molar-refractivity contribution in [3.05, 3.63) is 33.4 Å². The number of halogens is 2. The van der Waals surface area contributed by atoms with Gasteiger partial charge in [0.25, 0.3) is 5.91 Å². The maximum Gasteiger partial charge on any atom is 0.254 e. The van der Waals surface area contributed by atoms with Crippen LogP contribution in [0, 0.1) is 9.49 Å². The minimum Gasteiger partial charge on any atom is -0.338 e. The van der Waals surface area contributed by atoms with Crippen LogP contribution >= 0.6 is 34.2 Å². The van der Waals surface area contributed by atoms with Crippen molar-refractivity contribution < 1.29 is 4.79 Å². The fraction of sp³-hybridized carbons (Fsp3) is 0.462. The summed E-state index contributed by atoms with van der Waals surface area (Å²) in [6.45, 7) is 1.66. The lowest BCUT2D eigenvalue weighted by Crippen LogP contribution is -2.40. The van der Waals surface area contributed by atoms with Gasteiger partial charge in [0.05, 0.1) is 5.56 Å². The molecule has 0 saturated carbocycles. The molecule has 0 aliphatic carbocycles. The highest BCUT2D eigenvalue weighted by atomic mass is 127. The molecule has 1 aromatic carbocycles. The van der Waals surface area contributed by atoms with E-state index in [0.717, 1.165) is 35.1 Å². The molecule has 0 aromatic heterocycles. The fourth-order valence-corrected chi connectivity index (χ4v) is 3.05. The van der Waals surface area contributed by atoms with E-state index in [4.69, 9.17) is 11.6 Å². The summed E-state index contributed by atoms with van der Waals surface area (Å²) in [7, 11) is 0. The molecule has 1 saturated heterocycles. The third-order valence-electron chi connectivity index (χ3n) is 3.13. The Hall–Kier alpha value is -0.290. The Morgan fingerprint density at radius 1 is 1.47 bits per heavy atom. The Balaban J connectivity index is 2.12. The predicted molar refractivity (Wildman–Crippen MR) is 78.5 cm³/mol. The summed E-state index contributed by atoms with van der Waals surface area (Å²) in [6.07, 6.45) is 2.20. The van der Waals surface area contributed by atoms with Crippen molar-refractivity contribution in [2.75, 3.05) is 19.0 Å². The second-order valence-corrected chi connectivity index (χ2v) is 5.86. The predicted octanol–water partition coefficient (Wildman–Crippen LogP) is 3.38. The summed E-state index contributed by atoms with van der Waals surface area (Å²) in [5.41, 5.74) is 0.809. The summed E-state index contributed by atoms with van der Waals surface area (Å²) in [5, 5.41) is 0. The molecule has 17 heavy (non-hydrogen) atoms. The quantitative estimate of drug-likeness (QED) is 0.583. The van der Waals surface area contributed by atoms with Gasteiger partial charge in [-0.05, 0) is 53.5 Å². The van der Waals surface area contributed by atoms with E-state index in [2.05, 4.69) is 22.6 Å². The minimum atomic E-state index is 0.143. The van der Waals surface area contributed by atoms with Gasteiger partial charge < -0.3 is 4.90 Å². The van der Waals surface area contributed by atoms with Gasteiger partial charge in [-0.1, -0.05) is 12.1 Å². The van der Waals surface area contributed by atoms with E-state index in [1.165, 1.54) is 0 Å². The summed E-state index contributed by atoms with van der Waals surface area (Å²) in [5.74, 6) is 1.25. The van der Waals surface area contributed by atoms with Crippen molar-refractivity contribution in [3.63, 3.8) is 0 Å². The molecule has 1 atom stereocenters. The van der Waals surface area contributed by atoms with Crippen molar-refractivity contribution in [2.24, 2.45) is 5.92 Å². The first-order valence-electron chi connectivity index (χ1n) is 5.82. The summed E-state index contributed by atoms with van der Waals surface area (Å²) in [6, 6.07) is 7.74. The van der Waals surface area contributed by atoms with E-state index in [9.17, 15) is 4.79 Å². The number of likely N-dealkylation sites (tertiary alicyclic amines) is 1. The summed E-state index contributed by atoms with van der Waals surface area (Å²) < 4.78 is 1.02. The number of hydrogen-bond donors (Lipinski definition) is 0. The highest BCUT2D eigenvalue weighted by molar-refractivity contribution is 14.1. The monoisotopic (exact) mass is 363 g/mol. The molecule has 2 rings (SSSR count). The topological polar surface area (TPSA) is 20.3 Å². The molecule has 1 amide bonds. The van der Waals surface area contributed by atoms with Crippen molar-refractivity contribution in [1.29, 1.82) is 0 Å². The molecule has 1 aromatic rings. The van der Waals surface area contributed by atoms with E-state index in [0.29, 0.717) is 11.8 Å². The minimum absolute atomic E-state index is 0.143.